The van der Waals surface area contributed by atoms with Gasteiger partial charge in [0.05, 0.1) is 12.2 Å². The van der Waals surface area contributed by atoms with Crippen molar-refractivity contribution in [1.82, 2.24) is 15.2 Å². The number of benzene rings is 1. The molecule has 0 aliphatic heterocycles. The molecule has 1 heterocycles. The molecule has 1 N–H and O–H groups in total. The van der Waals surface area contributed by atoms with Crippen LogP contribution in [0.15, 0.2) is 34.9 Å². The molecule has 1 aromatic heterocycles. The summed E-state index contributed by atoms with van der Waals surface area (Å²) < 4.78 is 5.50. The summed E-state index contributed by atoms with van der Waals surface area (Å²) in [6, 6.07) is 7.35. The van der Waals surface area contributed by atoms with E-state index in [-0.39, 0.29) is 11.4 Å². The minimum absolute atomic E-state index is 0.0152. The predicted octanol–water partition coefficient (Wildman–Crippen LogP) is 3.34. The molecule has 0 saturated heterocycles. The van der Waals surface area contributed by atoms with E-state index < -0.39 is 0 Å². The molecule has 1 amide bonds. The number of carbonyl (C=O) groups excluding carboxylic acids is 1. The zero-order valence-corrected chi connectivity index (χ0v) is 14.6. The normalized spacial score (nSPS) is 11.7. The zero-order valence-electron chi connectivity index (χ0n) is 13.9. The van der Waals surface area contributed by atoms with Gasteiger partial charge in [-0.1, -0.05) is 17.7 Å². The number of oxazole rings is 1. The Hall–Kier alpha value is -1.85. The highest BCUT2D eigenvalue weighted by atomic mass is 35.5. The molecule has 0 unspecified atom stereocenters. The van der Waals surface area contributed by atoms with E-state index in [2.05, 4.69) is 10.3 Å². The van der Waals surface area contributed by atoms with Crippen LogP contribution >= 0.6 is 11.6 Å². The molecule has 2 rings (SSSR count). The Morgan fingerprint density at radius 3 is 2.78 bits per heavy atom. The molecule has 0 spiro atoms. The number of rotatable bonds is 5. The molecule has 0 saturated carbocycles. The summed E-state index contributed by atoms with van der Waals surface area (Å²) in [6.45, 7) is 6.71. The Balaban J connectivity index is 1.95. The van der Waals surface area contributed by atoms with E-state index in [0.29, 0.717) is 24.0 Å². The summed E-state index contributed by atoms with van der Waals surface area (Å²) in [6.07, 6.45) is 1.61. The number of hydrogen-bond donors (Lipinski definition) is 1. The second-order valence-electron chi connectivity index (χ2n) is 6.62. The van der Waals surface area contributed by atoms with Crippen molar-refractivity contribution in [3.05, 3.63) is 41.2 Å². The van der Waals surface area contributed by atoms with Gasteiger partial charge in [0, 0.05) is 22.7 Å². The second kappa shape index (κ2) is 7.15. The Morgan fingerprint density at radius 2 is 2.13 bits per heavy atom. The van der Waals surface area contributed by atoms with Gasteiger partial charge in [0.25, 0.3) is 0 Å². The standard InChI is InChI=1S/C17H22ClN3O2/c1-17(2,3)20-15(22)10-21(4)9-14-11-23-16(19-14)12-6-5-7-13(18)8-12/h5-8,11H,9-10H2,1-4H3,(H,20,22). The van der Waals surface area contributed by atoms with Crippen LogP contribution in [0.4, 0.5) is 0 Å². The van der Waals surface area contributed by atoms with Crippen molar-refractivity contribution in [2.24, 2.45) is 0 Å². The molecule has 1 aromatic carbocycles. The van der Waals surface area contributed by atoms with Crippen molar-refractivity contribution >= 4 is 17.5 Å². The van der Waals surface area contributed by atoms with Crippen LogP contribution in [0, 0.1) is 0 Å². The van der Waals surface area contributed by atoms with Crippen LogP contribution in [0.5, 0.6) is 0 Å². The van der Waals surface area contributed by atoms with Gasteiger partial charge < -0.3 is 9.73 Å². The third-order valence-electron chi connectivity index (χ3n) is 2.98. The first kappa shape index (κ1) is 17.5. The van der Waals surface area contributed by atoms with E-state index >= 15 is 0 Å². The molecule has 0 bridgehead atoms. The average Bonchev–Trinajstić information content (AvgIpc) is 2.84. The van der Waals surface area contributed by atoms with E-state index in [1.165, 1.54) is 0 Å². The summed E-state index contributed by atoms with van der Waals surface area (Å²) in [5.41, 5.74) is 1.37. The second-order valence-corrected chi connectivity index (χ2v) is 7.06. The predicted molar refractivity (Wildman–Crippen MR) is 91.2 cm³/mol. The molecule has 5 nitrogen and oxygen atoms in total. The fraction of sp³-hybridized carbons (Fsp3) is 0.412. The minimum Gasteiger partial charge on any atom is -0.444 e. The van der Waals surface area contributed by atoms with Gasteiger partial charge in [0.15, 0.2) is 0 Å². The van der Waals surface area contributed by atoms with Crippen molar-refractivity contribution in [3.8, 4) is 11.5 Å². The summed E-state index contributed by atoms with van der Waals surface area (Å²) >= 11 is 5.97. The van der Waals surface area contributed by atoms with Gasteiger partial charge in [-0.2, -0.15) is 0 Å². The monoisotopic (exact) mass is 335 g/mol. The smallest absolute Gasteiger partial charge is 0.234 e. The molecule has 0 radical (unpaired) electrons. The number of amides is 1. The van der Waals surface area contributed by atoms with Crippen LogP contribution in [0.2, 0.25) is 5.02 Å². The SMILES string of the molecule is CN(CC(=O)NC(C)(C)C)Cc1coc(-c2cccc(Cl)c2)n1. The average molecular weight is 336 g/mol. The Labute approximate surface area is 141 Å². The topological polar surface area (TPSA) is 58.4 Å². The highest BCUT2D eigenvalue weighted by Gasteiger charge is 2.16. The Kier molecular flexibility index (Phi) is 5.44. The van der Waals surface area contributed by atoms with Crippen molar-refractivity contribution in [2.45, 2.75) is 32.9 Å². The quantitative estimate of drug-likeness (QED) is 0.910. The highest BCUT2D eigenvalue weighted by molar-refractivity contribution is 6.30. The van der Waals surface area contributed by atoms with Gasteiger partial charge in [-0.15, -0.1) is 0 Å². The number of hydrogen-bond acceptors (Lipinski definition) is 4. The largest absolute Gasteiger partial charge is 0.444 e. The van der Waals surface area contributed by atoms with Crippen LogP contribution in [0.3, 0.4) is 0 Å². The lowest BCUT2D eigenvalue weighted by molar-refractivity contribution is -0.123. The summed E-state index contributed by atoms with van der Waals surface area (Å²) in [4.78, 5) is 18.2. The van der Waals surface area contributed by atoms with Gasteiger partial charge in [-0.25, -0.2) is 4.98 Å². The molecule has 0 atom stereocenters. The number of nitrogens with one attached hydrogen (secondary N) is 1. The first-order chi connectivity index (χ1) is 10.7. The van der Waals surface area contributed by atoms with E-state index in [4.69, 9.17) is 16.0 Å². The van der Waals surface area contributed by atoms with Crippen LogP contribution in [-0.2, 0) is 11.3 Å². The lowest BCUT2D eigenvalue weighted by Gasteiger charge is -2.22. The van der Waals surface area contributed by atoms with Crippen LogP contribution in [0.25, 0.3) is 11.5 Å². The zero-order chi connectivity index (χ0) is 17.0. The lowest BCUT2D eigenvalue weighted by Crippen LogP contribution is -2.45. The summed E-state index contributed by atoms with van der Waals surface area (Å²) in [5.74, 6) is 0.508. The Bertz CT molecular complexity index is 676. The van der Waals surface area contributed by atoms with E-state index in [9.17, 15) is 4.79 Å². The molecule has 0 aliphatic rings. The number of halogens is 1. The number of likely N-dealkylation sites (N-methyl/N-ethyl adjacent to an activating group) is 1. The maximum Gasteiger partial charge on any atom is 0.234 e. The molecule has 23 heavy (non-hydrogen) atoms. The van der Waals surface area contributed by atoms with Gasteiger partial charge in [0.1, 0.15) is 6.26 Å². The first-order valence-electron chi connectivity index (χ1n) is 7.43. The highest BCUT2D eigenvalue weighted by Crippen LogP contribution is 2.22. The minimum atomic E-state index is -0.231. The van der Waals surface area contributed by atoms with Gasteiger partial charge >= 0.3 is 0 Å². The van der Waals surface area contributed by atoms with Crippen molar-refractivity contribution in [1.29, 1.82) is 0 Å². The van der Waals surface area contributed by atoms with Crippen LogP contribution < -0.4 is 5.32 Å². The summed E-state index contributed by atoms with van der Waals surface area (Å²) in [7, 11) is 1.87. The molecule has 124 valence electrons. The van der Waals surface area contributed by atoms with Gasteiger partial charge in [0.2, 0.25) is 11.8 Å². The lowest BCUT2D eigenvalue weighted by atomic mass is 10.1. The molecule has 6 heteroatoms. The van der Waals surface area contributed by atoms with Gasteiger partial charge in [-0.3, -0.25) is 9.69 Å². The number of aromatic nitrogens is 1. The fourth-order valence-corrected chi connectivity index (χ4v) is 2.36. The maximum atomic E-state index is 11.9. The third-order valence-corrected chi connectivity index (χ3v) is 3.22. The first-order valence-corrected chi connectivity index (χ1v) is 7.80. The van der Waals surface area contributed by atoms with Crippen molar-refractivity contribution < 1.29 is 9.21 Å². The van der Waals surface area contributed by atoms with Crippen LogP contribution in [-0.4, -0.2) is 34.9 Å². The molecular formula is C17H22ClN3O2. The van der Waals surface area contributed by atoms with Crippen molar-refractivity contribution in [2.75, 3.05) is 13.6 Å². The van der Waals surface area contributed by atoms with Crippen LogP contribution in [0.1, 0.15) is 26.5 Å². The third kappa shape index (κ3) is 5.69. The molecule has 0 aliphatic carbocycles. The van der Waals surface area contributed by atoms with E-state index in [0.717, 1.165) is 11.3 Å². The molecular weight excluding hydrogens is 314 g/mol. The van der Waals surface area contributed by atoms with Crippen molar-refractivity contribution in [3.63, 3.8) is 0 Å². The summed E-state index contributed by atoms with van der Waals surface area (Å²) in [5, 5.41) is 3.57. The maximum absolute atomic E-state index is 11.9. The molecule has 2 aromatic rings. The number of nitrogens with zero attached hydrogens (tertiary/aromatic N) is 2. The van der Waals surface area contributed by atoms with E-state index in [1.807, 2.05) is 44.9 Å². The van der Waals surface area contributed by atoms with E-state index in [1.54, 1.807) is 18.4 Å². The fourth-order valence-electron chi connectivity index (χ4n) is 2.17. The Morgan fingerprint density at radius 1 is 1.39 bits per heavy atom. The number of carbonyl (C=O) groups is 1. The van der Waals surface area contributed by atoms with Gasteiger partial charge in [-0.05, 0) is 46.0 Å². The molecule has 0 fully saturated rings.